The van der Waals surface area contributed by atoms with E-state index in [1.165, 1.54) is 24.3 Å². The Hall–Kier alpha value is -2.74. The number of amides is 1. The number of fused-ring (bicyclic) bond motifs is 1. The van der Waals surface area contributed by atoms with Crippen LogP contribution in [0.15, 0.2) is 47.4 Å². The Bertz CT molecular complexity index is 926. The van der Waals surface area contributed by atoms with Crippen molar-refractivity contribution in [2.24, 2.45) is 0 Å². The molecule has 27 heavy (non-hydrogen) atoms. The van der Waals surface area contributed by atoms with Gasteiger partial charge in [-0.2, -0.15) is 0 Å². The lowest BCUT2D eigenvalue weighted by Crippen LogP contribution is -2.27. The SMILES string of the molecule is CCCCN(C)C(=O)c1ccc(S(=O)(=O)Nc2ccc3c(c2)OCO3)cc1. The molecule has 0 aromatic heterocycles. The summed E-state index contributed by atoms with van der Waals surface area (Å²) in [7, 11) is -2.04. The summed E-state index contributed by atoms with van der Waals surface area (Å²) in [6, 6.07) is 10.7. The minimum Gasteiger partial charge on any atom is -0.454 e. The van der Waals surface area contributed by atoms with Crippen LogP contribution in [0.1, 0.15) is 30.1 Å². The normalized spacial score (nSPS) is 12.7. The third kappa shape index (κ3) is 4.33. The van der Waals surface area contributed by atoms with Crippen molar-refractivity contribution in [1.29, 1.82) is 0 Å². The second-order valence-corrected chi connectivity index (χ2v) is 7.96. The Morgan fingerprint density at radius 1 is 1.11 bits per heavy atom. The van der Waals surface area contributed by atoms with E-state index in [4.69, 9.17) is 9.47 Å². The molecule has 2 aromatic rings. The van der Waals surface area contributed by atoms with E-state index in [-0.39, 0.29) is 17.6 Å². The molecular formula is C19H22N2O5S. The Labute approximate surface area is 158 Å². The lowest BCUT2D eigenvalue weighted by Gasteiger charge is -2.17. The Morgan fingerprint density at radius 2 is 1.81 bits per heavy atom. The highest BCUT2D eigenvalue weighted by Gasteiger charge is 2.19. The van der Waals surface area contributed by atoms with Crippen molar-refractivity contribution >= 4 is 21.6 Å². The van der Waals surface area contributed by atoms with Crippen molar-refractivity contribution in [2.75, 3.05) is 25.1 Å². The van der Waals surface area contributed by atoms with Crippen LogP contribution in [0.4, 0.5) is 5.69 Å². The van der Waals surface area contributed by atoms with Crippen LogP contribution in [0.2, 0.25) is 0 Å². The first-order chi connectivity index (χ1) is 12.9. The van der Waals surface area contributed by atoms with Gasteiger partial charge in [0, 0.05) is 25.2 Å². The highest BCUT2D eigenvalue weighted by atomic mass is 32.2. The molecule has 0 saturated carbocycles. The number of nitrogens with one attached hydrogen (secondary N) is 1. The molecule has 0 fully saturated rings. The second-order valence-electron chi connectivity index (χ2n) is 6.28. The van der Waals surface area contributed by atoms with Gasteiger partial charge in [0.2, 0.25) is 6.79 Å². The molecule has 0 atom stereocenters. The van der Waals surface area contributed by atoms with E-state index in [0.717, 1.165) is 12.8 Å². The van der Waals surface area contributed by atoms with Crippen molar-refractivity contribution in [2.45, 2.75) is 24.7 Å². The third-order valence-corrected chi connectivity index (χ3v) is 5.63. The van der Waals surface area contributed by atoms with E-state index in [9.17, 15) is 13.2 Å². The summed E-state index contributed by atoms with van der Waals surface area (Å²) in [5.74, 6) is 0.940. The first-order valence-corrected chi connectivity index (χ1v) is 10.2. The van der Waals surface area contributed by atoms with Gasteiger partial charge in [-0.15, -0.1) is 0 Å². The van der Waals surface area contributed by atoms with Crippen molar-refractivity contribution in [3.05, 3.63) is 48.0 Å². The first-order valence-electron chi connectivity index (χ1n) is 8.68. The number of rotatable bonds is 7. The lowest BCUT2D eigenvalue weighted by atomic mass is 10.2. The Kier molecular flexibility index (Phi) is 5.55. The standard InChI is InChI=1S/C19H22N2O5S/c1-3-4-11-21(2)19(22)14-5-8-16(9-6-14)27(23,24)20-15-7-10-17-18(12-15)26-13-25-17/h5-10,12,20H,3-4,11,13H2,1-2H3. The number of anilines is 1. The predicted molar refractivity (Wildman–Crippen MR) is 102 cm³/mol. The van der Waals surface area contributed by atoms with Crippen molar-refractivity contribution in [3.63, 3.8) is 0 Å². The van der Waals surface area contributed by atoms with E-state index in [1.807, 2.05) is 0 Å². The molecule has 1 N–H and O–H groups in total. The van der Waals surface area contributed by atoms with E-state index in [1.54, 1.807) is 30.1 Å². The van der Waals surface area contributed by atoms with Gasteiger partial charge < -0.3 is 14.4 Å². The van der Waals surface area contributed by atoms with Gasteiger partial charge in [0.15, 0.2) is 11.5 Å². The van der Waals surface area contributed by atoms with Gasteiger partial charge in [0.25, 0.3) is 15.9 Å². The number of unbranched alkanes of at least 4 members (excludes halogenated alkanes) is 1. The molecule has 1 amide bonds. The summed E-state index contributed by atoms with van der Waals surface area (Å²) in [5, 5.41) is 0. The molecule has 2 aromatic carbocycles. The largest absolute Gasteiger partial charge is 0.454 e. The zero-order chi connectivity index (χ0) is 19.4. The van der Waals surface area contributed by atoms with E-state index in [2.05, 4.69) is 11.6 Å². The van der Waals surface area contributed by atoms with Gasteiger partial charge in [0.05, 0.1) is 10.6 Å². The molecule has 0 aliphatic carbocycles. The summed E-state index contributed by atoms with van der Waals surface area (Å²) in [6.45, 7) is 2.85. The van der Waals surface area contributed by atoms with Crippen LogP contribution in [0.25, 0.3) is 0 Å². The number of benzene rings is 2. The average Bonchev–Trinajstić information content (AvgIpc) is 3.13. The zero-order valence-corrected chi connectivity index (χ0v) is 16.1. The molecule has 0 bridgehead atoms. The summed E-state index contributed by atoms with van der Waals surface area (Å²) in [4.78, 5) is 14.1. The van der Waals surface area contributed by atoms with Crippen LogP contribution < -0.4 is 14.2 Å². The highest BCUT2D eigenvalue weighted by Crippen LogP contribution is 2.34. The minimum absolute atomic E-state index is 0.0768. The summed E-state index contributed by atoms with van der Waals surface area (Å²) in [5.41, 5.74) is 0.828. The molecule has 8 heteroatoms. The molecule has 1 heterocycles. The summed E-state index contributed by atoms with van der Waals surface area (Å²) < 4.78 is 38.1. The predicted octanol–water partition coefficient (Wildman–Crippen LogP) is 3.09. The first kappa shape index (κ1) is 19.0. The number of carbonyl (C=O) groups is 1. The Balaban J connectivity index is 1.72. The van der Waals surface area contributed by atoms with Crippen molar-refractivity contribution in [1.82, 2.24) is 4.90 Å². The van der Waals surface area contributed by atoms with E-state index < -0.39 is 10.0 Å². The number of nitrogens with zero attached hydrogens (tertiary/aromatic N) is 1. The molecule has 144 valence electrons. The number of carbonyl (C=O) groups excluding carboxylic acids is 1. The quantitative estimate of drug-likeness (QED) is 0.785. The van der Waals surface area contributed by atoms with Gasteiger partial charge in [-0.1, -0.05) is 13.3 Å². The van der Waals surface area contributed by atoms with Crippen LogP contribution >= 0.6 is 0 Å². The molecule has 0 saturated heterocycles. The summed E-state index contributed by atoms with van der Waals surface area (Å²) >= 11 is 0. The van der Waals surface area contributed by atoms with Gasteiger partial charge in [0.1, 0.15) is 0 Å². The third-order valence-electron chi connectivity index (χ3n) is 4.23. The molecule has 7 nitrogen and oxygen atoms in total. The number of ether oxygens (including phenoxy) is 2. The minimum atomic E-state index is -3.78. The molecular weight excluding hydrogens is 368 g/mol. The van der Waals surface area contributed by atoms with Crippen molar-refractivity contribution in [3.8, 4) is 11.5 Å². The molecule has 0 radical (unpaired) electrons. The second kappa shape index (κ2) is 7.87. The van der Waals surface area contributed by atoms with Crippen LogP contribution in [-0.2, 0) is 10.0 Å². The van der Waals surface area contributed by atoms with Gasteiger partial charge >= 0.3 is 0 Å². The van der Waals surface area contributed by atoms with Gasteiger partial charge in [-0.25, -0.2) is 8.42 Å². The van der Waals surface area contributed by atoms with Crippen LogP contribution in [-0.4, -0.2) is 39.6 Å². The molecule has 0 unspecified atom stereocenters. The number of hydrogen-bond donors (Lipinski definition) is 1. The van der Waals surface area contributed by atoms with Crippen LogP contribution in [0.5, 0.6) is 11.5 Å². The lowest BCUT2D eigenvalue weighted by molar-refractivity contribution is 0.0793. The van der Waals surface area contributed by atoms with Gasteiger partial charge in [-0.05, 0) is 42.8 Å². The summed E-state index contributed by atoms with van der Waals surface area (Å²) in [6.07, 6.45) is 1.93. The van der Waals surface area contributed by atoms with E-state index in [0.29, 0.717) is 29.3 Å². The highest BCUT2D eigenvalue weighted by molar-refractivity contribution is 7.92. The van der Waals surface area contributed by atoms with Crippen molar-refractivity contribution < 1.29 is 22.7 Å². The fourth-order valence-corrected chi connectivity index (χ4v) is 3.72. The smallest absolute Gasteiger partial charge is 0.261 e. The topological polar surface area (TPSA) is 84.9 Å². The number of hydrogen-bond acceptors (Lipinski definition) is 5. The number of sulfonamides is 1. The Morgan fingerprint density at radius 3 is 2.52 bits per heavy atom. The van der Waals surface area contributed by atoms with Crippen LogP contribution in [0.3, 0.4) is 0 Å². The zero-order valence-electron chi connectivity index (χ0n) is 15.3. The van der Waals surface area contributed by atoms with E-state index >= 15 is 0 Å². The average molecular weight is 390 g/mol. The van der Waals surface area contributed by atoms with Crippen LogP contribution in [0, 0.1) is 0 Å². The van der Waals surface area contributed by atoms with Gasteiger partial charge in [-0.3, -0.25) is 9.52 Å². The molecule has 0 spiro atoms. The molecule has 1 aliphatic rings. The fourth-order valence-electron chi connectivity index (χ4n) is 2.67. The fraction of sp³-hybridized carbons (Fsp3) is 0.316. The molecule has 1 aliphatic heterocycles. The molecule has 3 rings (SSSR count). The maximum atomic E-state index is 12.6. The maximum Gasteiger partial charge on any atom is 0.261 e. The maximum absolute atomic E-state index is 12.6. The monoisotopic (exact) mass is 390 g/mol.